The van der Waals surface area contributed by atoms with Crippen LogP contribution in [0.1, 0.15) is 24.3 Å². The van der Waals surface area contributed by atoms with E-state index in [1.165, 1.54) is 0 Å². The van der Waals surface area contributed by atoms with Crippen molar-refractivity contribution in [2.45, 2.75) is 32.4 Å². The van der Waals surface area contributed by atoms with Crippen LogP contribution in [0.5, 0.6) is 0 Å². The van der Waals surface area contributed by atoms with E-state index < -0.39 is 0 Å². The van der Waals surface area contributed by atoms with Gasteiger partial charge in [-0.1, -0.05) is 17.0 Å². The second-order valence-electron chi connectivity index (χ2n) is 7.15. The molecular weight excluding hydrogens is 316 g/mol. The number of likely N-dealkylation sites (N-methyl/N-ethyl adjacent to an activating group) is 1. The quantitative estimate of drug-likeness (QED) is 0.747. The highest BCUT2D eigenvalue weighted by Crippen LogP contribution is 2.16. The second-order valence-corrected chi connectivity index (χ2v) is 7.15. The van der Waals surface area contributed by atoms with Gasteiger partial charge < -0.3 is 14.2 Å². The van der Waals surface area contributed by atoms with Crippen LogP contribution in [0.25, 0.3) is 0 Å². The molecule has 1 aromatic heterocycles. The lowest BCUT2D eigenvalue weighted by molar-refractivity contribution is 0.0206. The van der Waals surface area contributed by atoms with Gasteiger partial charge in [-0.15, -0.1) is 0 Å². The van der Waals surface area contributed by atoms with Crippen molar-refractivity contribution in [2.75, 3.05) is 59.5 Å². The molecule has 138 valence electrons. The SMILES string of the molecule is Cc1cc(CN2CCC(OCC#CCN3CCN(C)CC3)CC2)on1. The molecule has 0 aliphatic carbocycles. The molecule has 3 rings (SSSR count). The number of hydrogen-bond acceptors (Lipinski definition) is 6. The van der Waals surface area contributed by atoms with Crippen LogP contribution < -0.4 is 0 Å². The summed E-state index contributed by atoms with van der Waals surface area (Å²) in [5.41, 5.74) is 0.948. The molecule has 6 nitrogen and oxygen atoms in total. The van der Waals surface area contributed by atoms with Crippen LogP contribution in [0.15, 0.2) is 10.6 Å². The highest BCUT2D eigenvalue weighted by atomic mass is 16.5. The predicted octanol–water partition coefficient (Wildman–Crippen LogP) is 1.21. The van der Waals surface area contributed by atoms with Crippen molar-refractivity contribution in [1.29, 1.82) is 0 Å². The van der Waals surface area contributed by atoms with Gasteiger partial charge in [0.25, 0.3) is 0 Å². The number of aromatic nitrogens is 1. The van der Waals surface area contributed by atoms with Gasteiger partial charge in [-0.05, 0) is 26.8 Å². The fourth-order valence-corrected chi connectivity index (χ4v) is 3.33. The molecule has 2 aliphatic rings. The van der Waals surface area contributed by atoms with Crippen molar-refractivity contribution in [3.63, 3.8) is 0 Å². The van der Waals surface area contributed by atoms with Crippen LogP contribution in [-0.4, -0.2) is 85.4 Å². The number of likely N-dealkylation sites (tertiary alicyclic amines) is 1. The van der Waals surface area contributed by atoms with Gasteiger partial charge in [0.2, 0.25) is 0 Å². The Balaban J connectivity index is 1.27. The van der Waals surface area contributed by atoms with E-state index in [0.717, 1.165) is 76.7 Å². The van der Waals surface area contributed by atoms with Gasteiger partial charge in [0.1, 0.15) is 6.61 Å². The van der Waals surface area contributed by atoms with E-state index in [0.29, 0.717) is 12.7 Å². The lowest BCUT2D eigenvalue weighted by Crippen LogP contribution is -2.44. The normalized spacial score (nSPS) is 21.2. The zero-order valence-corrected chi connectivity index (χ0v) is 15.5. The second kappa shape index (κ2) is 9.35. The molecule has 0 atom stereocenters. The molecule has 2 fully saturated rings. The van der Waals surface area contributed by atoms with E-state index in [-0.39, 0.29) is 0 Å². The Labute approximate surface area is 151 Å². The van der Waals surface area contributed by atoms with Gasteiger partial charge >= 0.3 is 0 Å². The lowest BCUT2D eigenvalue weighted by Gasteiger charge is -2.31. The van der Waals surface area contributed by atoms with Gasteiger partial charge in [0, 0.05) is 45.3 Å². The number of rotatable bonds is 5. The molecule has 0 unspecified atom stereocenters. The van der Waals surface area contributed by atoms with Crippen LogP contribution >= 0.6 is 0 Å². The number of nitrogens with zero attached hydrogens (tertiary/aromatic N) is 4. The van der Waals surface area contributed by atoms with Crippen LogP contribution in [0, 0.1) is 18.8 Å². The van der Waals surface area contributed by atoms with E-state index in [2.05, 4.69) is 38.7 Å². The van der Waals surface area contributed by atoms with E-state index >= 15 is 0 Å². The Bertz CT molecular complexity index is 576. The van der Waals surface area contributed by atoms with E-state index in [4.69, 9.17) is 9.26 Å². The van der Waals surface area contributed by atoms with E-state index in [1.807, 2.05) is 13.0 Å². The third-order valence-corrected chi connectivity index (χ3v) is 5.01. The Kier molecular flexibility index (Phi) is 6.88. The molecule has 1 aromatic rings. The predicted molar refractivity (Wildman–Crippen MR) is 97.2 cm³/mol. The minimum absolute atomic E-state index is 0.339. The molecule has 0 bridgehead atoms. The van der Waals surface area contributed by atoms with Gasteiger partial charge in [-0.25, -0.2) is 0 Å². The van der Waals surface area contributed by atoms with Crippen molar-refractivity contribution in [1.82, 2.24) is 19.9 Å². The highest BCUT2D eigenvalue weighted by molar-refractivity contribution is 5.03. The monoisotopic (exact) mass is 346 g/mol. The van der Waals surface area contributed by atoms with Crippen molar-refractivity contribution >= 4 is 0 Å². The molecule has 3 heterocycles. The molecule has 0 N–H and O–H groups in total. The number of hydrogen-bond donors (Lipinski definition) is 0. The van der Waals surface area contributed by atoms with Crippen molar-refractivity contribution in [2.24, 2.45) is 0 Å². The summed E-state index contributed by atoms with van der Waals surface area (Å²) in [6.07, 6.45) is 2.46. The summed E-state index contributed by atoms with van der Waals surface area (Å²) >= 11 is 0. The van der Waals surface area contributed by atoms with E-state index in [1.54, 1.807) is 0 Å². The third kappa shape index (κ3) is 6.12. The highest BCUT2D eigenvalue weighted by Gasteiger charge is 2.20. The van der Waals surface area contributed by atoms with Crippen molar-refractivity contribution in [3.05, 3.63) is 17.5 Å². The average molecular weight is 346 g/mol. The lowest BCUT2D eigenvalue weighted by atomic mass is 10.1. The van der Waals surface area contributed by atoms with Crippen LogP contribution in [0.3, 0.4) is 0 Å². The first kappa shape index (κ1) is 18.4. The number of piperidine rings is 1. The number of piperazine rings is 1. The first-order valence-electron chi connectivity index (χ1n) is 9.32. The van der Waals surface area contributed by atoms with Gasteiger partial charge in [0.05, 0.1) is 24.9 Å². The number of aryl methyl sites for hydroxylation is 1. The van der Waals surface area contributed by atoms with Crippen molar-refractivity contribution in [3.8, 4) is 11.8 Å². The van der Waals surface area contributed by atoms with E-state index in [9.17, 15) is 0 Å². The fourth-order valence-electron chi connectivity index (χ4n) is 3.33. The summed E-state index contributed by atoms with van der Waals surface area (Å²) in [6, 6.07) is 2.01. The topological polar surface area (TPSA) is 45.0 Å². The smallest absolute Gasteiger partial charge is 0.150 e. The van der Waals surface area contributed by atoms with Crippen molar-refractivity contribution < 1.29 is 9.26 Å². The summed E-state index contributed by atoms with van der Waals surface area (Å²) < 4.78 is 11.2. The first-order chi connectivity index (χ1) is 12.2. The molecule has 0 spiro atoms. The fraction of sp³-hybridized carbons (Fsp3) is 0.737. The summed E-state index contributed by atoms with van der Waals surface area (Å²) in [4.78, 5) is 7.18. The number of ether oxygens (including phenoxy) is 1. The maximum atomic E-state index is 5.93. The summed E-state index contributed by atoms with van der Waals surface area (Å²) in [5, 5.41) is 3.95. The summed E-state index contributed by atoms with van der Waals surface area (Å²) in [6.45, 7) is 10.8. The molecule has 2 saturated heterocycles. The zero-order valence-electron chi connectivity index (χ0n) is 15.5. The van der Waals surface area contributed by atoms with Crippen LogP contribution in [0.4, 0.5) is 0 Å². The third-order valence-electron chi connectivity index (χ3n) is 5.01. The molecule has 25 heavy (non-hydrogen) atoms. The molecule has 0 amide bonds. The zero-order chi connectivity index (χ0) is 17.5. The largest absolute Gasteiger partial charge is 0.365 e. The van der Waals surface area contributed by atoms with Gasteiger partial charge in [-0.3, -0.25) is 9.80 Å². The average Bonchev–Trinajstić information content (AvgIpc) is 3.02. The van der Waals surface area contributed by atoms with Crippen LogP contribution in [-0.2, 0) is 11.3 Å². The standard InChI is InChI=1S/C19H30N4O2/c1-17-15-19(25-20-17)16-23-8-5-18(6-9-23)24-14-4-3-7-22-12-10-21(2)11-13-22/h15,18H,5-14,16H2,1-2H3. The molecule has 0 radical (unpaired) electrons. The Morgan fingerprint density at radius 2 is 1.88 bits per heavy atom. The molecule has 2 aliphatic heterocycles. The Hall–Kier alpha value is -1.39. The minimum atomic E-state index is 0.339. The molecule has 6 heteroatoms. The Morgan fingerprint density at radius 3 is 2.56 bits per heavy atom. The molecule has 0 saturated carbocycles. The van der Waals surface area contributed by atoms with Gasteiger partial charge in [-0.2, -0.15) is 0 Å². The van der Waals surface area contributed by atoms with Crippen LogP contribution in [0.2, 0.25) is 0 Å². The molecular formula is C19H30N4O2. The summed E-state index contributed by atoms with van der Waals surface area (Å²) in [5.74, 6) is 7.39. The maximum absolute atomic E-state index is 5.93. The molecule has 0 aromatic carbocycles. The minimum Gasteiger partial charge on any atom is -0.365 e. The first-order valence-corrected chi connectivity index (χ1v) is 9.32. The summed E-state index contributed by atoms with van der Waals surface area (Å²) in [7, 11) is 2.18. The maximum Gasteiger partial charge on any atom is 0.150 e. The van der Waals surface area contributed by atoms with Gasteiger partial charge in [0.15, 0.2) is 5.76 Å². The Morgan fingerprint density at radius 1 is 1.12 bits per heavy atom.